The zero-order valence-electron chi connectivity index (χ0n) is 21.7. The number of rotatable bonds is 5. The van der Waals surface area contributed by atoms with E-state index in [1.165, 1.54) is 21.3 Å². The molecule has 0 aromatic heterocycles. The summed E-state index contributed by atoms with van der Waals surface area (Å²) in [6.07, 6.45) is -0.415. The van der Waals surface area contributed by atoms with Gasteiger partial charge in [0.1, 0.15) is 11.6 Å². The van der Waals surface area contributed by atoms with E-state index in [0.29, 0.717) is 57.8 Å². The van der Waals surface area contributed by atoms with Gasteiger partial charge in [-0.25, -0.2) is 9.59 Å². The van der Waals surface area contributed by atoms with Gasteiger partial charge in [0.05, 0.1) is 32.0 Å². The Labute approximate surface area is 239 Å². The zero-order chi connectivity index (χ0) is 28.1. The van der Waals surface area contributed by atoms with Crippen molar-refractivity contribution in [1.82, 2.24) is 4.90 Å². The second-order valence-electron chi connectivity index (χ2n) is 9.25. The van der Waals surface area contributed by atoms with Gasteiger partial charge in [-0.2, -0.15) is 0 Å². The van der Waals surface area contributed by atoms with E-state index < -0.39 is 24.1 Å². The topological polar surface area (TPSA) is 105 Å². The van der Waals surface area contributed by atoms with Gasteiger partial charge in [-0.3, -0.25) is 0 Å². The molecule has 0 saturated heterocycles. The van der Waals surface area contributed by atoms with Gasteiger partial charge >= 0.3 is 12.0 Å². The number of benzene rings is 3. The van der Waals surface area contributed by atoms with Gasteiger partial charge in [0.15, 0.2) is 29.1 Å². The van der Waals surface area contributed by atoms with Crippen molar-refractivity contribution in [2.24, 2.45) is 0 Å². The van der Waals surface area contributed by atoms with E-state index in [9.17, 15) is 9.59 Å². The van der Waals surface area contributed by atoms with Crippen molar-refractivity contribution in [2.75, 3.05) is 40.0 Å². The monoisotopic (exact) mass is 586 g/mol. The van der Waals surface area contributed by atoms with Crippen molar-refractivity contribution >= 4 is 40.9 Å². The molecule has 0 aliphatic carbocycles. The SMILES string of the molecule is COc1ccc2c(c1OC)C(=O)OC2C1c2c(cc3c(c2OC)OCO3)CCN1C(=O)Nc1ccc(Cl)cc1Cl. The van der Waals surface area contributed by atoms with Gasteiger partial charge in [0.2, 0.25) is 12.5 Å². The van der Waals surface area contributed by atoms with Crippen LogP contribution in [0.25, 0.3) is 0 Å². The highest BCUT2D eigenvalue weighted by Gasteiger charge is 2.48. The van der Waals surface area contributed by atoms with Crippen LogP contribution >= 0.6 is 23.2 Å². The summed E-state index contributed by atoms with van der Waals surface area (Å²) in [7, 11) is 4.46. The number of halogens is 2. The Kier molecular flexibility index (Phi) is 6.67. The van der Waals surface area contributed by atoms with Gasteiger partial charge in [-0.05, 0) is 42.3 Å². The van der Waals surface area contributed by atoms with Crippen LogP contribution in [0.1, 0.15) is 39.2 Å². The predicted octanol–water partition coefficient (Wildman–Crippen LogP) is 5.79. The molecule has 3 aromatic rings. The first kappa shape index (κ1) is 26.2. The number of carbonyl (C=O) groups excluding carboxylic acids is 2. The van der Waals surface area contributed by atoms with Gasteiger partial charge < -0.3 is 38.6 Å². The molecule has 2 unspecified atom stereocenters. The summed E-state index contributed by atoms with van der Waals surface area (Å²) in [6, 6.07) is 8.86. The molecule has 0 spiro atoms. The number of amides is 2. The molecular formula is C28H24Cl2N2O8. The number of nitrogens with one attached hydrogen (secondary N) is 1. The summed E-state index contributed by atoms with van der Waals surface area (Å²) >= 11 is 12.4. The molecule has 0 bridgehead atoms. The molecule has 10 nitrogen and oxygen atoms in total. The quantitative estimate of drug-likeness (QED) is 0.374. The van der Waals surface area contributed by atoms with Gasteiger partial charge in [0, 0.05) is 22.7 Å². The summed E-state index contributed by atoms with van der Waals surface area (Å²) in [5, 5.41) is 3.59. The molecule has 208 valence electrons. The Morgan fingerprint density at radius 1 is 1.02 bits per heavy atom. The van der Waals surface area contributed by atoms with E-state index in [0.717, 1.165) is 5.56 Å². The summed E-state index contributed by atoms with van der Waals surface area (Å²) in [6.45, 7) is 0.338. The molecule has 40 heavy (non-hydrogen) atoms. The number of hydrogen-bond acceptors (Lipinski definition) is 8. The Morgan fingerprint density at radius 3 is 2.55 bits per heavy atom. The first-order valence-corrected chi connectivity index (χ1v) is 13.1. The largest absolute Gasteiger partial charge is 0.493 e. The molecule has 3 aromatic carbocycles. The van der Waals surface area contributed by atoms with Crippen LogP contribution in [0, 0.1) is 0 Å². The molecule has 6 rings (SSSR count). The summed E-state index contributed by atoms with van der Waals surface area (Å²) < 4.78 is 34.1. The molecule has 0 radical (unpaired) electrons. The van der Waals surface area contributed by atoms with E-state index in [2.05, 4.69) is 5.32 Å². The summed E-state index contributed by atoms with van der Waals surface area (Å²) in [5.74, 6) is 1.42. The number of fused-ring (bicyclic) bond motifs is 3. The Hall–Kier alpha value is -4.02. The molecule has 3 aliphatic heterocycles. The smallest absolute Gasteiger partial charge is 0.343 e. The lowest BCUT2D eigenvalue weighted by Gasteiger charge is -2.40. The number of hydrogen-bond donors (Lipinski definition) is 1. The van der Waals surface area contributed by atoms with E-state index in [1.807, 2.05) is 6.07 Å². The maximum absolute atomic E-state index is 13.9. The average molecular weight is 587 g/mol. The van der Waals surface area contributed by atoms with Crippen LogP contribution in [-0.2, 0) is 11.2 Å². The first-order chi connectivity index (χ1) is 19.4. The Morgan fingerprint density at radius 2 is 1.82 bits per heavy atom. The maximum atomic E-state index is 13.9. The number of methoxy groups -OCH3 is 3. The number of urea groups is 1. The van der Waals surface area contributed by atoms with Crippen LogP contribution in [-0.4, -0.2) is 51.6 Å². The van der Waals surface area contributed by atoms with E-state index in [1.54, 1.807) is 35.2 Å². The lowest BCUT2D eigenvalue weighted by atomic mass is 9.85. The van der Waals surface area contributed by atoms with Crippen molar-refractivity contribution in [3.8, 4) is 28.7 Å². The molecule has 12 heteroatoms. The Bertz CT molecular complexity index is 1550. The first-order valence-electron chi connectivity index (χ1n) is 12.3. The number of cyclic esters (lactones) is 1. The molecule has 0 saturated carbocycles. The van der Waals surface area contributed by atoms with Crippen LogP contribution in [0.15, 0.2) is 36.4 Å². The molecule has 3 heterocycles. The average Bonchev–Trinajstić information content (AvgIpc) is 3.56. The number of ether oxygens (including phenoxy) is 6. The highest BCUT2D eigenvalue weighted by molar-refractivity contribution is 6.36. The third-order valence-electron chi connectivity index (χ3n) is 7.24. The van der Waals surface area contributed by atoms with Crippen LogP contribution in [0.4, 0.5) is 10.5 Å². The Balaban J connectivity index is 1.50. The highest BCUT2D eigenvalue weighted by atomic mass is 35.5. The van der Waals surface area contributed by atoms with E-state index >= 15 is 0 Å². The molecule has 1 N–H and O–H groups in total. The zero-order valence-corrected chi connectivity index (χ0v) is 23.2. The molecule has 2 atom stereocenters. The third kappa shape index (κ3) is 4.10. The number of carbonyl (C=O) groups is 2. The van der Waals surface area contributed by atoms with Gasteiger partial charge in [0.25, 0.3) is 0 Å². The third-order valence-corrected chi connectivity index (χ3v) is 7.79. The minimum atomic E-state index is -0.901. The second-order valence-corrected chi connectivity index (χ2v) is 10.1. The molecule has 0 fully saturated rings. The second kappa shape index (κ2) is 10.2. The summed E-state index contributed by atoms with van der Waals surface area (Å²) in [4.78, 5) is 28.8. The molecular weight excluding hydrogens is 563 g/mol. The van der Waals surface area contributed by atoms with Crippen LogP contribution in [0.5, 0.6) is 28.7 Å². The number of nitrogens with zero attached hydrogens (tertiary/aromatic N) is 1. The fraction of sp³-hybridized carbons (Fsp3) is 0.286. The lowest BCUT2D eigenvalue weighted by Crippen LogP contribution is -2.45. The standard InChI is InChI=1S/C28H24Cl2N2O8/c1-35-18-7-5-15-21(24(18)36-2)27(33)40-23(15)22-20-13(10-19-25(26(20)37-3)39-12-38-19)8-9-32(22)28(34)31-17-6-4-14(29)11-16(17)30/h4-7,10-11,22-23H,8-9,12H2,1-3H3,(H,31,34). The van der Waals surface area contributed by atoms with Gasteiger partial charge in [-0.15, -0.1) is 0 Å². The molecule has 2 amide bonds. The van der Waals surface area contributed by atoms with Crippen LogP contribution < -0.4 is 29.0 Å². The van der Waals surface area contributed by atoms with E-state index in [-0.39, 0.29) is 23.1 Å². The van der Waals surface area contributed by atoms with Crippen LogP contribution in [0.3, 0.4) is 0 Å². The fourth-order valence-corrected chi connectivity index (χ4v) is 5.99. The highest BCUT2D eigenvalue weighted by Crippen LogP contribution is 2.55. The lowest BCUT2D eigenvalue weighted by molar-refractivity contribution is 0.0123. The minimum absolute atomic E-state index is 0.0385. The maximum Gasteiger partial charge on any atom is 0.343 e. The van der Waals surface area contributed by atoms with E-state index in [4.69, 9.17) is 51.6 Å². The molecule has 3 aliphatic rings. The number of esters is 1. The minimum Gasteiger partial charge on any atom is -0.493 e. The van der Waals surface area contributed by atoms with Crippen LogP contribution in [0.2, 0.25) is 10.0 Å². The van der Waals surface area contributed by atoms with Crippen molar-refractivity contribution in [3.05, 3.63) is 68.7 Å². The number of anilines is 1. The van der Waals surface area contributed by atoms with Crippen molar-refractivity contribution in [1.29, 1.82) is 0 Å². The van der Waals surface area contributed by atoms with Crippen molar-refractivity contribution < 1.29 is 38.0 Å². The van der Waals surface area contributed by atoms with Crippen molar-refractivity contribution in [3.63, 3.8) is 0 Å². The predicted molar refractivity (Wildman–Crippen MR) is 145 cm³/mol. The van der Waals surface area contributed by atoms with Gasteiger partial charge in [-0.1, -0.05) is 29.3 Å². The normalized spacial score (nSPS) is 18.5. The van der Waals surface area contributed by atoms with Crippen molar-refractivity contribution in [2.45, 2.75) is 18.6 Å². The summed E-state index contributed by atoms with van der Waals surface area (Å²) in [5.41, 5.74) is 2.69. The fourth-order valence-electron chi connectivity index (χ4n) is 5.53.